The van der Waals surface area contributed by atoms with Gasteiger partial charge in [0.15, 0.2) is 5.01 Å². The van der Waals surface area contributed by atoms with Crippen LogP contribution in [0.1, 0.15) is 5.01 Å². The van der Waals surface area contributed by atoms with Gasteiger partial charge in [-0.2, -0.15) is 5.10 Å². The summed E-state index contributed by atoms with van der Waals surface area (Å²) < 4.78 is 2.66. The van der Waals surface area contributed by atoms with E-state index in [9.17, 15) is 0 Å². The highest BCUT2D eigenvalue weighted by atomic mass is 79.9. The van der Waals surface area contributed by atoms with Crippen molar-refractivity contribution in [2.75, 3.05) is 5.88 Å². The van der Waals surface area contributed by atoms with Crippen LogP contribution in [0.15, 0.2) is 10.8 Å². The van der Waals surface area contributed by atoms with Crippen LogP contribution in [-0.4, -0.2) is 25.9 Å². The number of aryl methyl sites for hydroxylation is 2. The molecule has 0 atom stereocenters. The Labute approximate surface area is 104 Å². The third-order valence-corrected chi connectivity index (χ3v) is 4.02. The summed E-state index contributed by atoms with van der Waals surface area (Å²) in [6.07, 6.45) is 2.53. The molecule has 0 aliphatic carbocycles. The molecular formula is C8H8BrClN4S. The Bertz CT molecular complexity index is 467. The Balaban J connectivity index is 2.33. The van der Waals surface area contributed by atoms with Crippen molar-refractivity contribution in [2.45, 2.75) is 6.42 Å². The molecule has 0 unspecified atom stereocenters. The Morgan fingerprint density at radius 2 is 2.33 bits per heavy atom. The molecule has 0 saturated carbocycles. The highest BCUT2D eigenvalue weighted by molar-refractivity contribution is 9.10. The zero-order chi connectivity index (χ0) is 10.8. The predicted molar refractivity (Wildman–Crippen MR) is 64.2 cm³/mol. The van der Waals surface area contributed by atoms with Crippen LogP contribution >= 0.6 is 38.9 Å². The van der Waals surface area contributed by atoms with Gasteiger partial charge in [-0.3, -0.25) is 4.68 Å². The first-order chi connectivity index (χ1) is 7.22. The summed E-state index contributed by atoms with van der Waals surface area (Å²) >= 11 is 10.6. The molecule has 0 aliphatic heterocycles. The van der Waals surface area contributed by atoms with Gasteiger partial charge in [0.2, 0.25) is 0 Å². The molecule has 2 aromatic heterocycles. The van der Waals surface area contributed by atoms with Gasteiger partial charge in [-0.05, 0) is 15.9 Å². The van der Waals surface area contributed by atoms with E-state index in [0.29, 0.717) is 5.88 Å². The summed E-state index contributed by atoms with van der Waals surface area (Å²) in [6.45, 7) is 0. The SMILES string of the molecule is Cn1ncc(-c2nnc(CCCl)s2)c1Br. The number of alkyl halides is 1. The molecule has 0 bridgehead atoms. The number of halogens is 2. The fraction of sp³-hybridized carbons (Fsp3) is 0.375. The molecule has 0 N–H and O–H groups in total. The summed E-state index contributed by atoms with van der Waals surface area (Å²) in [4.78, 5) is 0. The lowest BCUT2D eigenvalue weighted by Crippen LogP contribution is -1.88. The molecule has 7 heteroatoms. The monoisotopic (exact) mass is 306 g/mol. The lowest BCUT2D eigenvalue weighted by atomic mass is 10.4. The van der Waals surface area contributed by atoms with Gasteiger partial charge < -0.3 is 0 Å². The van der Waals surface area contributed by atoms with Crippen LogP contribution in [0.3, 0.4) is 0 Å². The van der Waals surface area contributed by atoms with Crippen molar-refractivity contribution in [3.05, 3.63) is 15.8 Å². The average Bonchev–Trinajstić information content (AvgIpc) is 2.77. The van der Waals surface area contributed by atoms with Crippen molar-refractivity contribution >= 4 is 38.9 Å². The first kappa shape index (κ1) is 11.0. The molecule has 2 aromatic rings. The van der Waals surface area contributed by atoms with Gasteiger partial charge in [0.25, 0.3) is 0 Å². The summed E-state index contributed by atoms with van der Waals surface area (Å²) in [5.41, 5.74) is 0.968. The summed E-state index contributed by atoms with van der Waals surface area (Å²) in [7, 11) is 1.87. The fourth-order valence-corrected chi connectivity index (χ4v) is 2.76. The smallest absolute Gasteiger partial charge is 0.152 e. The normalized spacial score (nSPS) is 10.9. The van der Waals surface area contributed by atoms with Crippen molar-refractivity contribution in [1.82, 2.24) is 20.0 Å². The highest BCUT2D eigenvalue weighted by Gasteiger charge is 2.12. The third-order valence-electron chi connectivity index (χ3n) is 1.87. The summed E-state index contributed by atoms with van der Waals surface area (Å²) in [6, 6.07) is 0. The largest absolute Gasteiger partial charge is 0.261 e. The van der Waals surface area contributed by atoms with E-state index in [-0.39, 0.29) is 0 Å². The van der Waals surface area contributed by atoms with Crippen molar-refractivity contribution in [3.8, 4) is 10.6 Å². The van der Waals surface area contributed by atoms with Crippen LogP contribution in [-0.2, 0) is 13.5 Å². The van der Waals surface area contributed by atoms with Gasteiger partial charge in [0.05, 0.1) is 11.8 Å². The molecule has 0 spiro atoms. The first-order valence-electron chi connectivity index (χ1n) is 4.28. The molecule has 2 heterocycles. The molecule has 0 radical (unpaired) electrons. The van der Waals surface area contributed by atoms with Crippen LogP contribution in [0.2, 0.25) is 0 Å². The van der Waals surface area contributed by atoms with Crippen molar-refractivity contribution in [3.63, 3.8) is 0 Å². The lowest BCUT2D eigenvalue weighted by Gasteiger charge is -1.92. The zero-order valence-corrected chi connectivity index (χ0v) is 11.1. The van der Waals surface area contributed by atoms with Gasteiger partial charge in [-0.1, -0.05) is 11.3 Å². The minimum absolute atomic E-state index is 0.572. The van der Waals surface area contributed by atoms with Crippen LogP contribution in [0.25, 0.3) is 10.6 Å². The van der Waals surface area contributed by atoms with Crippen LogP contribution in [0, 0.1) is 0 Å². The molecule has 0 aromatic carbocycles. The second-order valence-electron chi connectivity index (χ2n) is 2.91. The highest BCUT2D eigenvalue weighted by Crippen LogP contribution is 2.29. The topological polar surface area (TPSA) is 43.6 Å². The van der Waals surface area contributed by atoms with Crippen LogP contribution in [0.5, 0.6) is 0 Å². The summed E-state index contributed by atoms with van der Waals surface area (Å²) in [5.74, 6) is 0.572. The molecule has 0 saturated heterocycles. The molecule has 0 amide bonds. The van der Waals surface area contributed by atoms with Gasteiger partial charge >= 0.3 is 0 Å². The predicted octanol–water partition coefficient (Wildman–Crippen LogP) is 2.48. The molecular weight excluding hydrogens is 300 g/mol. The Morgan fingerprint density at radius 1 is 1.53 bits per heavy atom. The van der Waals surface area contributed by atoms with E-state index in [1.807, 2.05) is 7.05 Å². The maximum atomic E-state index is 5.64. The maximum absolute atomic E-state index is 5.64. The van der Waals surface area contributed by atoms with Gasteiger partial charge in [-0.25, -0.2) is 0 Å². The molecule has 2 rings (SSSR count). The quantitative estimate of drug-likeness (QED) is 0.818. The van der Waals surface area contributed by atoms with Gasteiger partial charge in [0.1, 0.15) is 9.61 Å². The minimum Gasteiger partial charge on any atom is -0.261 e. The number of rotatable bonds is 3. The molecule has 15 heavy (non-hydrogen) atoms. The van der Waals surface area contributed by atoms with E-state index in [1.165, 1.54) is 0 Å². The lowest BCUT2D eigenvalue weighted by molar-refractivity contribution is 0.750. The van der Waals surface area contributed by atoms with Gasteiger partial charge in [-0.15, -0.1) is 21.8 Å². The summed E-state index contributed by atoms with van der Waals surface area (Å²) in [5, 5.41) is 14.1. The van der Waals surface area contributed by atoms with Gasteiger partial charge in [0, 0.05) is 19.3 Å². The van der Waals surface area contributed by atoms with Crippen LogP contribution in [0.4, 0.5) is 0 Å². The molecule has 0 aliphatic rings. The Hall–Kier alpha value is -0.460. The Morgan fingerprint density at radius 3 is 2.93 bits per heavy atom. The Kier molecular flexibility index (Phi) is 3.38. The number of hydrogen-bond acceptors (Lipinski definition) is 4. The first-order valence-corrected chi connectivity index (χ1v) is 6.43. The van der Waals surface area contributed by atoms with E-state index in [0.717, 1.165) is 26.6 Å². The number of aromatic nitrogens is 4. The minimum atomic E-state index is 0.572. The van der Waals surface area contributed by atoms with E-state index < -0.39 is 0 Å². The van der Waals surface area contributed by atoms with Crippen molar-refractivity contribution < 1.29 is 0 Å². The van der Waals surface area contributed by atoms with E-state index in [4.69, 9.17) is 11.6 Å². The third kappa shape index (κ3) is 2.21. The maximum Gasteiger partial charge on any atom is 0.152 e. The van der Waals surface area contributed by atoms with E-state index in [2.05, 4.69) is 31.2 Å². The van der Waals surface area contributed by atoms with Crippen molar-refractivity contribution in [1.29, 1.82) is 0 Å². The van der Waals surface area contributed by atoms with Crippen molar-refractivity contribution in [2.24, 2.45) is 7.05 Å². The van der Waals surface area contributed by atoms with E-state index >= 15 is 0 Å². The average molecular weight is 308 g/mol. The molecule has 0 fully saturated rings. The molecule has 80 valence electrons. The zero-order valence-electron chi connectivity index (χ0n) is 7.94. The second-order valence-corrected chi connectivity index (χ2v) is 5.10. The molecule has 4 nitrogen and oxygen atoms in total. The number of nitrogens with zero attached hydrogens (tertiary/aromatic N) is 4. The fourth-order valence-electron chi connectivity index (χ4n) is 1.11. The number of hydrogen-bond donors (Lipinski definition) is 0. The standard InChI is InChI=1S/C8H8BrClN4S/c1-14-7(9)5(4-11-14)8-13-12-6(15-8)2-3-10/h4H,2-3H2,1H3. The van der Waals surface area contributed by atoms with Crippen LogP contribution < -0.4 is 0 Å². The van der Waals surface area contributed by atoms with E-state index in [1.54, 1.807) is 22.2 Å². The second kappa shape index (κ2) is 4.59.